The van der Waals surface area contributed by atoms with Gasteiger partial charge in [-0.2, -0.15) is 0 Å². The minimum absolute atomic E-state index is 0.0448. The van der Waals surface area contributed by atoms with Crippen LogP contribution >= 0.6 is 0 Å². The number of rotatable bonds is 3. The van der Waals surface area contributed by atoms with Gasteiger partial charge >= 0.3 is 5.97 Å². The maximum Gasteiger partial charge on any atom is 0.335 e. The normalized spacial score (nSPS) is 14.6. The van der Waals surface area contributed by atoms with Gasteiger partial charge in [-0.05, 0) is 17.7 Å². The lowest BCUT2D eigenvalue weighted by atomic mass is 10.0. The van der Waals surface area contributed by atoms with Crippen LogP contribution in [0.2, 0.25) is 0 Å². The highest BCUT2D eigenvalue weighted by molar-refractivity contribution is 5.73. The van der Waals surface area contributed by atoms with E-state index in [0.29, 0.717) is 0 Å². The van der Waals surface area contributed by atoms with Crippen molar-refractivity contribution in [3.05, 3.63) is 29.6 Å². The van der Waals surface area contributed by atoms with Crippen molar-refractivity contribution in [3.63, 3.8) is 0 Å². The zero-order valence-corrected chi connectivity index (χ0v) is 7.59. The van der Waals surface area contributed by atoms with Gasteiger partial charge < -0.3 is 21.1 Å². The first kappa shape index (κ1) is 11.4. The summed E-state index contributed by atoms with van der Waals surface area (Å²) in [6, 6.07) is 3.31. The van der Waals surface area contributed by atoms with E-state index in [4.69, 9.17) is 15.9 Å². The molecule has 0 aliphatic carbocycles. The van der Waals surface area contributed by atoms with Crippen LogP contribution in [0.5, 0.6) is 0 Å². The van der Waals surface area contributed by atoms with Crippen LogP contribution < -0.4 is 5.73 Å². The molecule has 0 saturated heterocycles. The Kier molecular flexibility index (Phi) is 3.23. The Morgan fingerprint density at radius 3 is 2.47 bits per heavy atom. The smallest absolute Gasteiger partial charge is 0.335 e. The van der Waals surface area contributed by atoms with Gasteiger partial charge in [0.25, 0.3) is 0 Å². The summed E-state index contributed by atoms with van der Waals surface area (Å²) in [6.07, 6.45) is -3.68. The number of anilines is 1. The molecule has 6 heteroatoms. The van der Waals surface area contributed by atoms with Crippen molar-refractivity contribution in [3.8, 4) is 0 Å². The van der Waals surface area contributed by atoms with E-state index < -0.39 is 24.0 Å². The van der Waals surface area contributed by atoms with Crippen LogP contribution in [0.15, 0.2) is 18.2 Å². The second-order valence-corrected chi connectivity index (χ2v) is 3.01. The molecule has 0 aliphatic rings. The topological polar surface area (TPSA) is 104 Å². The molecule has 2 unspecified atom stereocenters. The molecule has 1 aromatic carbocycles. The SMILES string of the molecule is Nc1ccc(C(O)C(O)C(=O)O)cc1F. The average molecular weight is 215 g/mol. The summed E-state index contributed by atoms with van der Waals surface area (Å²) in [6.45, 7) is 0. The lowest BCUT2D eigenvalue weighted by Crippen LogP contribution is -2.27. The third-order valence-electron chi connectivity index (χ3n) is 1.92. The third kappa shape index (κ3) is 2.42. The van der Waals surface area contributed by atoms with Gasteiger partial charge in [0.05, 0.1) is 5.69 Å². The van der Waals surface area contributed by atoms with Gasteiger partial charge in [-0.15, -0.1) is 0 Å². The van der Waals surface area contributed by atoms with Crippen molar-refractivity contribution in [2.75, 3.05) is 5.73 Å². The first-order chi connectivity index (χ1) is 6.93. The Morgan fingerprint density at radius 2 is 2.00 bits per heavy atom. The highest BCUT2D eigenvalue weighted by atomic mass is 19.1. The summed E-state index contributed by atoms with van der Waals surface area (Å²) in [5.41, 5.74) is 5.03. The van der Waals surface area contributed by atoms with Crippen molar-refractivity contribution in [2.24, 2.45) is 0 Å². The van der Waals surface area contributed by atoms with Crippen LogP contribution in [0, 0.1) is 5.82 Å². The molecule has 1 aromatic rings. The van der Waals surface area contributed by atoms with Crippen LogP contribution in [0.1, 0.15) is 11.7 Å². The summed E-state index contributed by atoms with van der Waals surface area (Å²) in [5, 5.41) is 26.8. The van der Waals surface area contributed by atoms with Gasteiger partial charge in [0.2, 0.25) is 0 Å². The first-order valence-corrected chi connectivity index (χ1v) is 4.07. The van der Waals surface area contributed by atoms with Crippen molar-refractivity contribution < 1.29 is 24.5 Å². The zero-order valence-electron chi connectivity index (χ0n) is 7.59. The highest BCUT2D eigenvalue weighted by Gasteiger charge is 2.25. The van der Waals surface area contributed by atoms with Crippen LogP contribution in [0.25, 0.3) is 0 Å². The summed E-state index contributed by atoms with van der Waals surface area (Å²) in [7, 11) is 0. The number of benzene rings is 1. The fourth-order valence-corrected chi connectivity index (χ4v) is 1.04. The Morgan fingerprint density at radius 1 is 1.40 bits per heavy atom. The maximum absolute atomic E-state index is 12.9. The molecule has 0 saturated carbocycles. The lowest BCUT2D eigenvalue weighted by Gasteiger charge is -2.14. The molecule has 0 spiro atoms. The molecule has 0 radical (unpaired) electrons. The molecular formula is C9H10FNO4. The molecule has 2 atom stereocenters. The van der Waals surface area contributed by atoms with Crippen molar-refractivity contribution in [1.29, 1.82) is 0 Å². The minimum atomic E-state index is -1.99. The Hall–Kier alpha value is -1.66. The van der Waals surface area contributed by atoms with Crippen LogP contribution in [0.3, 0.4) is 0 Å². The molecule has 5 nitrogen and oxygen atoms in total. The van der Waals surface area contributed by atoms with E-state index in [2.05, 4.69) is 0 Å². The summed E-state index contributed by atoms with van der Waals surface area (Å²) in [5.74, 6) is -2.36. The number of carbonyl (C=O) groups is 1. The fraction of sp³-hybridized carbons (Fsp3) is 0.222. The van der Waals surface area contributed by atoms with Gasteiger partial charge in [-0.25, -0.2) is 9.18 Å². The van der Waals surface area contributed by atoms with Crippen molar-refractivity contribution in [2.45, 2.75) is 12.2 Å². The van der Waals surface area contributed by atoms with Gasteiger partial charge in [-0.3, -0.25) is 0 Å². The Bertz CT molecular complexity index is 382. The lowest BCUT2D eigenvalue weighted by molar-refractivity contribution is -0.153. The summed E-state index contributed by atoms with van der Waals surface area (Å²) < 4.78 is 12.9. The van der Waals surface area contributed by atoms with Crippen LogP contribution in [-0.4, -0.2) is 27.4 Å². The predicted molar refractivity (Wildman–Crippen MR) is 49.4 cm³/mol. The van der Waals surface area contributed by atoms with E-state index in [0.717, 1.165) is 6.07 Å². The monoisotopic (exact) mass is 215 g/mol. The number of hydrogen-bond donors (Lipinski definition) is 4. The largest absolute Gasteiger partial charge is 0.479 e. The molecule has 82 valence electrons. The molecule has 0 aromatic heterocycles. The number of halogens is 1. The number of carboxylic acid groups (broad SMARTS) is 1. The Balaban J connectivity index is 2.96. The second kappa shape index (κ2) is 4.24. The standard InChI is InChI=1S/C9H10FNO4/c10-5-3-4(1-2-6(5)11)7(12)8(13)9(14)15/h1-3,7-8,12-13H,11H2,(H,14,15). The molecule has 5 N–H and O–H groups in total. The minimum Gasteiger partial charge on any atom is -0.479 e. The first-order valence-electron chi connectivity index (χ1n) is 4.07. The third-order valence-corrected chi connectivity index (χ3v) is 1.92. The van der Waals surface area contributed by atoms with E-state index in [1.54, 1.807) is 0 Å². The van der Waals surface area contributed by atoms with E-state index >= 15 is 0 Å². The molecule has 0 bridgehead atoms. The number of carboxylic acids is 1. The number of nitrogen functional groups attached to an aromatic ring is 1. The molecule has 1 rings (SSSR count). The molecule has 0 fully saturated rings. The quantitative estimate of drug-likeness (QED) is 0.526. The Labute approximate surface area is 84.6 Å². The van der Waals surface area contributed by atoms with Gasteiger partial charge in [0.15, 0.2) is 6.10 Å². The number of nitrogens with two attached hydrogens (primary N) is 1. The van der Waals surface area contributed by atoms with Crippen LogP contribution in [0.4, 0.5) is 10.1 Å². The fourth-order valence-electron chi connectivity index (χ4n) is 1.04. The van der Waals surface area contributed by atoms with Crippen molar-refractivity contribution >= 4 is 11.7 Å². The number of aliphatic carboxylic acids is 1. The number of aliphatic hydroxyl groups excluding tert-OH is 2. The van der Waals surface area contributed by atoms with Crippen LogP contribution in [-0.2, 0) is 4.79 Å². The van der Waals surface area contributed by atoms with Gasteiger partial charge in [-0.1, -0.05) is 6.07 Å². The predicted octanol–water partition coefficient (Wildman–Crippen LogP) is -0.113. The summed E-state index contributed by atoms with van der Waals surface area (Å²) >= 11 is 0. The van der Waals surface area contributed by atoms with E-state index in [1.165, 1.54) is 12.1 Å². The second-order valence-electron chi connectivity index (χ2n) is 3.01. The van der Waals surface area contributed by atoms with E-state index in [-0.39, 0.29) is 11.3 Å². The number of hydrogen-bond acceptors (Lipinski definition) is 4. The number of aliphatic hydroxyl groups is 2. The highest BCUT2D eigenvalue weighted by Crippen LogP contribution is 2.20. The van der Waals surface area contributed by atoms with Gasteiger partial charge in [0, 0.05) is 0 Å². The molecule has 0 heterocycles. The average Bonchev–Trinajstić information content (AvgIpc) is 2.19. The van der Waals surface area contributed by atoms with E-state index in [9.17, 15) is 14.3 Å². The summed E-state index contributed by atoms with van der Waals surface area (Å²) in [4.78, 5) is 10.3. The van der Waals surface area contributed by atoms with Crippen molar-refractivity contribution in [1.82, 2.24) is 0 Å². The molecular weight excluding hydrogens is 205 g/mol. The molecule has 0 aliphatic heterocycles. The van der Waals surface area contributed by atoms with Gasteiger partial charge in [0.1, 0.15) is 11.9 Å². The van der Waals surface area contributed by atoms with E-state index in [1.807, 2.05) is 0 Å². The molecule has 0 amide bonds. The molecule has 15 heavy (non-hydrogen) atoms. The zero-order chi connectivity index (χ0) is 11.6. The maximum atomic E-state index is 12.9.